The fourth-order valence-electron chi connectivity index (χ4n) is 1.62. The molecule has 0 saturated carbocycles. The number of carbonyl (C=O) groups is 1. The number of aromatic nitrogens is 2. The Morgan fingerprint density at radius 3 is 2.84 bits per heavy atom. The Labute approximate surface area is 123 Å². The van der Waals surface area contributed by atoms with Gasteiger partial charge in [-0.1, -0.05) is 0 Å². The molecule has 2 heterocycles. The Balaban J connectivity index is 2.17. The summed E-state index contributed by atoms with van der Waals surface area (Å²) in [6.07, 6.45) is 1.35. The summed E-state index contributed by atoms with van der Waals surface area (Å²) in [5.41, 5.74) is 1.76. The van der Waals surface area contributed by atoms with Gasteiger partial charge in [-0.15, -0.1) is 11.3 Å². The van der Waals surface area contributed by atoms with Crippen LogP contribution in [0.15, 0.2) is 21.4 Å². The van der Waals surface area contributed by atoms with Gasteiger partial charge in [-0.25, -0.2) is 14.8 Å². The molecule has 0 aromatic carbocycles. The van der Waals surface area contributed by atoms with Crippen LogP contribution >= 0.6 is 27.3 Å². The van der Waals surface area contributed by atoms with Crippen LogP contribution in [0.1, 0.15) is 21.6 Å². The second-order valence-corrected chi connectivity index (χ2v) is 6.38. The SMILES string of the molecule is Cc1nc(N(C)Cc2csc(Br)c2)ncc1C(=O)O. The van der Waals surface area contributed by atoms with E-state index in [1.165, 1.54) is 6.20 Å². The minimum Gasteiger partial charge on any atom is -0.478 e. The van der Waals surface area contributed by atoms with Crippen LogP contribution < -0.4 is 4.90 Å². The van der Waals surface area contributed by atoms with E-state index in [2.05, 4.69) is 31.3 Å². The number of nitrogens with zero attached hydrogens (tertiary/aromatic N) is 3. The van der Waals surface area contributed by atoms with E-state index in [-0.39, 0.29) is 5.56 Å². The average molecular weight is 342 g/mol. The Morgan fingerprint density at radius 2 is 2.32 bits per heavy atom. The number of hydrogen-bond acceptors (Lipinski definition) is 5. The summed E-state index contributed by atoms with van der Waals surface area (Å²) in [5.74, 6) is -0.488. The standard InChI is InChI=1S/C12H12BrN3O2S/c1-7-9(11(17)18)4-14-12(15-7)16(2)5-8-3-10(13)19-6-8/h3-4,6H,5H2,1-2H3,(H,17,18). The number of anilines is 1. The van der Waals surface area contributed by atoms with Crippen molar-refractivity contribution in [3.63, 3.8) is 0 Å². The molecule has 1 N–H and O–H groups in total. The molecule has 0 spiro atoms. The first-order valence-electron chi connectivity index (χ1n) is 5.48. The van der Waals surface area contributed by atoms with Gasteiger partial charge in [0.1, 0.15) is 0 Å². The molecule has 7 heteroatoms. The van der Waals surface area contributed by atoms with Gasteiger partial charge in [-0.3, -0.25) is 0 Å². The number of carboxylic acids is 1. The lowest BCUT2D eigenvalue weighted by molar-refractivity contribution is 0.0695. The van der Waals surface area contributed by atoms with Gasteiger partial charge in [0.2, 0.25) is 5.95 Å². The van der Waals surface area contributed by atoms with E-state index in [0.29, 0.717) is 18.2 Å². The minimum absolute atomic E-state index is 0.135. The van der Waals surface area contributed by atoms with Gasteiger partial charge in [-0.05, 0) is 39.9 Å². The van der Waals surface area contributed by atoms with Gasteiger partial charge in [0, 0.05) is 19.8 Å². The number of rotatable bonds is 4. The van der Waals surface area contributed by atoms with E-state index in [1.807, 2.05) is 18.0 Å². The largest absolute Gasteiger partial charge is 0.478 e. The van der Waals surface area contributed by atoms with Gasteiger partial charge in [-0.2, -0.15) is 0 Å². The minimum atomic E-state index is -1.01. The maximum absolute atomic E-state index is 10.9. The number of aryl methyl sites for hydroxylation is 1. The smallest absolute Gasteiger partial charge is 0.339 e. The number of thiophene rings is 1. The summed E-state index contributed by atoms with van der Waals surface area (Å²) < 4.78 is 1.08. The van der Waals surface area contributed by atoms with Gasteiger partial charge in [0.05, 0.1) is 15.0 Å². The Bertz CT molecular complexity index is 615. The van der Waals surface area contributed by atoms with Crippen LogP contribution in [0, 0.1) is 6.92 Å². The molecule has 0 amide bonds. The van der Waals surface area contributed by atoms with Gasteiger partial charge >= 0.3 is 5.97 Å². The van der Waals surface area contributed by atoms with Crippen LogP contribution in [-0.2, 0) is 6.54 Å². The first kappa shape index (κ1) is 14.0. The van der Waals surface area contributed by atoms with Crippen LogP contribution in [0.25, 0.3) is 0 Å². The predicted molar refractivity (Wildman–Crippen MR) is 77.9 cm³/mol. The fourth-order valence-corrected chi connectivity index (χ4v) is 2.82. The lowest BCUT2D eigenvalue weighted by Crippen LogP contribution is -2.20. The molecule has 0 unspecified atom stereocenters. The van der Waals surface area contributed by atoms with Crippen molar-refractivity contribution in [1.82, 2.24) is 9.97 Å². The predicted octanol–water partition coefficient (Wildman–Crippen LogP) is 2.94. The van der Waals surface area contributed by atoms with Crippen molar-refractivity contribution in [3.05, 3.63) is 38.3 Å². The maximum Gasteiger partial charge on any atom is 0.339 e. The van der Waals surface area contributed by atoms with E-state index in [1.54, 1.807) is 18.3 Å². The summed E-state index contributed by atoms with van der Waals surface area (Å²) >= 11 is 5.04. The molecule has 0 aliphatic rings. The normalized spacial score (nSPS) is 10.5. The fraction of sp³-hybridized carbons (Fsp3) is 0.250. The van der Waals surface area contributed by atoms with Crippen molar-refractivity contribution in [1.29, 1.82) is 0 Å². The number of hydrogen-bond donors (Lipinski definition) is 1. The number of aromatic carboxylic acids is 1. The second-order valence-electron chi connectivity index (χ2n) is 4.09. The van der Waals surface area contributed by atoms with Gasteiger partial charge < -0.3 is 10.0 Å². The summed E-state index contributed by atoms with van der Waals surface area (Å²) in [6, 6.07) is 2.04. The quantitative estimate of drug-likeness (QED) is 0.925. The van der Waals surface area contributed by atoms with Crippen LogP contribution in [0.5, 0.6) is 0 Å². The number of halogens is 1. The van der Waals surface area contributed by atoms with Crippen LogP contribution in [-0.4, -0.2) is 28.1 Å². The van der Waals surface area contributed by atoms with Crippen molar-refractivity contribution in [2.24, 2.45) is 0 Å². The summed E-state index contributed by atoms with van der Waals surface area (Å²) in [4.78, 5) is 21.1. The average Bonchev–Trinajstić information content (AvgIpc) is 2.74. The highest BCUT2D eigenvalue weighted by Crippen LogP contribution is 2.22. The first-order valence-corrected chi connectivity index (χ1v) is 7.15. The Kier molecular flexibility index (Phi) is 4.16. The van der Waals surface area contributed by atoms with E-state index in [4.69, 9.17) is 5.11 Å². The molecule has 5 nitrogen and oxygen atoms in total. The van der Waals surface area contributed by atoms with E-state index >= 15 is 0 Å². The Morgan fingerprint density at radius 1 is 1.58 bits per heavy atom. The third-order valence-corrected chi connectivity index (χ3v) is 4.13. The van der Waals surface area contributed by atoms with Gasteiger partial charge in [0.15, 0.2) is 0 Å². The third-order valence-electron chi connectivity index (χ3n) is 2.58. The zero-order chi connectivity index (χ0) is 14.0. The van der Waals surface area contributed by atoms with Crippen molar-refractivity contribution < 1.29 is 9.90 Å². The zero-order valence-electron chi connectivity index (χ0n) is 10.4. The lowest BCUT2D eigenvalue weighted by Gasteiger charge is -2.16. The molecule has 2 aromatic rings. The molecule has 2 aromatic heterocycles. The molecular formula is C12H12BrN3O2S. The molecule has 19 heavy (non-hydrogen) atoms. The summed E-state index contributed by atoms with van der Waals surface area (Å²) in [6.45, 7) is 2.34. The topological polar surface area (TPSA) is 66.3 Å². The van der Waals surface area contributed by atoms with Crippen molar-refractivity contribution in [2.75, 3.05) is 11.9 Å². The first-order chi connectivity index (χ1) is 8.97. The third kappa shape index (κ3) is 3.30. The maximum atomic E-state index is 10.9. The van der Waals surface area contributed by atoms with Crippen LogP contribution in [0.3, 0.4) is 0 Å². The molecule has 2 rings (SSSR count). The molecule has 0 saturated heterocycles. The molecule has 0 aliphatic carbocycles. The van der Waals surface area contributed by atoms with E-state index in [9.17, 15) is 4.79 Å². The summed E-state index contributed by atoms with van der Waals surface area (Å²) in [5, 5.41) is 11.0. The van der Waals surface area contributed by atoms with Gasteiger partial charge in [0.25, 0.3) is 0 Å². The van der Waals surface area contributed by atoms with E-state index in [0.717, 1.165) is 9.35 Å². The highest BCUT2D eigenvalue weighted by molar-refractivity contribution is 9.11. The molecular weight excluding hydrogens is 330 g/mol. The molecule has 100 valence electrons. The highest BCUT2D eigenvalue weighted by atomic mass is 79.9. The lowest BCUT2D eigenvalue weighted by atomic mass is 10.2. The van der Waals surface area contributed by atoms with Crippen molar-refractivity contribution in [2.45, 2.75) is 13.5 Å². The molecule has 0 atom stereocenters. The number of carboxylic acid groups (broad SMARTS) is 1. The molecule has 0 bridgehead atoms. The monoisotopic (exact) mass is 341 g/mol. The molecule has 0 radical (unpaired) electrons. The van der Waals surface area contributed by atoms with E-state index < -0.39 is 5.97 Å². The van der Waals surface area contributed by atoms with Crippen molar-refractivity contribution >= 4 is 39.2 Å². The Hall–Kier alpha value is -1.47. The zero-order valence-corrected chi connectivity index (χ0v) is 12.8. The van der Waals surface area contributed by atoms with Crippen LogP contribution in [0.2, 0.25) is 0 Å². The molecule has 0 aliphatic heterocycles. The van der Waals surface area contributed by atoms with Crippen molar-refractivity contribution in [3.8, 4) is 0 Å². The van der Waals surface area contributed by atoms with Crippen LogP contribution in [0.4, 0.5) is 5.95 Å². The second kappa shape index (κ2) is 5.66. The highest BCUT2D eigenvalue weighted by Gasteiger charge is 2.12. The molecule has 0 fully saturated rings. The summed E-state index contributed by atoms with van der Waals surface area (Å²) in [7, 11) is 1.88.